The van der Waals surface area contributed by atoms with Crippen molar-refractivity contribution >= 4 is 35.9 Å². The molecule has 0 saturated heterocycles. The van der Waals surface area contributed by atoms with Crippen LogP contribution in [0.15, 0.2) is 39.7 Å². The molecule has 0 bridgehead atoms. The molecule has 0 aliphatic rings. The Kier molecular flexibility index (Phi) is 10.5. The van der Waals surface area contributed by atoms with E-state index in [1.807, 2.05) is 13.8 Å². The molecule has 1 aromatic carbocycles. The number of guanidine groups is 1. The molecule has 160 valence electrons. The van der Waals surface area contributed by atoms with Crippen LogP contribution in [0.4, 0.5) is 4.39 Å². The van der Waals surface area contributed by atoms with Crippen molar-refractivity contribution < 1.29 is 23.1 Å². The molecule has 9 heteroatoms. The van der Waals surface area contributed by atoms with E-state index >= 15 is 0 Å². The lowest BCUT2D eigenvalue weighted by molar-refractivity contribution is 0.0599. The second-order valence-corrected chi connectivity index (χ2v) is 6.13. The van der Waals surface area contributed by atoms with Crippen molar-refractivity contribution in [3.8, 4) is 5.75 Å². The van der Waals surface area contributed by atoms with Crippen LogP contribution in [0, 0.1) is 12.7 Å². The topological polar surface area (TPSA) is 85.1 Å². The highest BCUT2D eigenvalue weighted by Crippen LogP contribution is 2.16. The maximum atomic E-state index is 13.0. The van der Waals surface area contributed by atoms with Crippen LogP contribution in [0.5, 0.6) is 5.75 Å². The van der Waals surface area contributed by atoms with Gasteiger partial charge in [-0.1, -0.05) is 0 Å². The van der Waals surface area contributed by atoms with Crippen molar-refractivity contribution in [3.63, 3.8) is 0 Å². The largest absolute Gasteiger partial charge is 0.489 e. The zero-order chi connectivity index (χ0) is 20.5. The first-order valence-electron chi connectivity index (χ1n) is 9.05. The molecule has 0 aliphatic carbocycles. The SMILES string of the molecule is CCNC(=NCc1cc(C(=O)OC)c(C)o1)NCC(C)Oc1ccc(F)cc1.I. The molecule has 2 aromatic rings. The van der Waals surface area contributed by atoms with Crippen LogP contribution < -0.4 is 15.4 Å². The number of nitrogens with one attached hydrogen (secondary N) is 2. The Morgan fingerprint density at radius 1 is 1.28 bits per heavy atom. The normalized spacial score (nSPS) is 12.0. The van der Waals surface area contributed by atoms with Gasteiger partial charge in [0.15, 0.2) is 5.96 Å². The van der Waals surface area contributed by atoms with Crippen LogP contribution in [0.2, 0.25) is 0 Å². The number of methoxy groups -OCH3 is 1. The van der Waals surface area contributed by atoms with E-state index in [1.54, 1.807) is 25.1 Å². The number of benzene rings is 1. The molecule has 0 saturated carbocycles. The predicted molar refractivity (Wildman–Crippen MR) is 120 cm³/mol. The first-order valence-corrected chi connectivity index (χ1v) is 9.05. The van der Waals surface area contributed by atoms with Gasteiger partial charge in [-0.25, -0.2) is 14.2 Å². The number of rotatable bonds is 8. The summed E-state index contributed by atoms with van der Waals surface area (Å²) in [5.74, 6) is 1.50. The fourth-order valence-electron chi connectivity index (χ4n) is 2.46. The minimum atomic E-state index is -0.437. The van der Waals surface area contributed by atoms with Crippen molar-refractivity contribution in [1.82, 2.24) is 10.6 Å². The van der Waals surface area contributed by atoms with E-state index in [-0.39, 0.29) is 42.4 Å². The summed E-state index contributed by atoms with van der Waals surface area (Å²) in [6, 6.07) is 7.52. The number of aryl methyl sites for hydroxylation is 1. The first kappa shape index (κ1) is 24.7. The molecule has 1 heterocycles. The number of ether oxygens (including phenoxy) is 2. The van der Waals surface area contributed by atoms with Crippen LogP contribution in [0.25, 0.3) is 0 Å². The lowest BCUT2D eigenvalue weighted by Gasteiger charge is -2.17. The summed E-state index contributed by atoms with van der Waals surface area (Å²) in [7, 11) is 1.33. The fraction of sp³-hybridized carbons (Fsp3) is 0.400. The fourth-order valence-corrected chi connectivity index (χ4v) is 2.46. The molecular formula is C20H27FIN3O4. The molecular weight excluding hydrogens is 492 g/mol. The zero-order valence-corrected chi connectivity index (χ0v) is 19.3. The van der Waals surface area contributed by atoms with Crippen LogP contribution in [-0.4, -0.2) is 38.2 Å². The third kappa shape index (κ3) is 7.92. The molecule has 1 atom stereocenters. The van der Waals surface area contributed by atoms with E-state index in [4.69, 9.17) is 13.9 Å². The van der Waals surface area contributed by atoms with E-state index in [9.17, 15) is 9.18 Å². The van der Waals surface area contributed by atoms with Gasteiger partial charge in [0.25, 0.3) is 0 Å². The number of furan rings is 1. The Labute approximate surface area is 187 Å². The number of esters is 1. The number of hydrogen-bond acceptors (Lipinski definition) is 5. The number of carbonyl (C=O) groups is 1. The minimum absolute atomic E-state index is 0. The molecule has 0 radical (unpaired) electrons. The zero-order valence-electron chi connectivity index (χ0n) is 17.0. The third-order valence-electron chi connectivity index (χ3n) is 3.82. The van der Waals surface area contributed by atoms with Crippen LogP contribution >= 0.6 is 24.0 Å². The molecule has 0 aliphatic heterocycles. The van der Waals surface area contributed by atoms with E-state index in [2.05, 4.69) is 15.6 Å². The van der Waals surface area contributed by atoms with Gasteiger partial charge in [-0.15, -0.1) is 24.0 Å². The summed E-state index contributed by atoms with van der Waals surface area (Å²) in [5, 5.41) is 6.32. The summed E-state index contributed by atoms with van der Waals surface area (Å²) in [4.78, 5) is 16.1. The Bertz CT molecular complexity index is 809. The molecule has 7 nitrogen and oxygen atoms in total. The monoisotopic (exact) mass is 519 g/mol. The summed E-state index contributed by atoms with van der Waals surface area (Å²) < 4.78 is 29.0. The number of nitrogens with zero attached hydrogens (tertiary/aromatic N) is 1. The summed E-state index contributed by atoms with van der Waals surface area (Å²) >= 11 is 0. The van der Waals surface area contributed by atoms with Gasteiger partial charge >= 0.3 is 5.97 Å². The number of halogens is 2. The van der Waals surface area contributed by atoms with Gasteiger partial charge in [-0.3, -0.25) is 0 Å². The molecule has 29 heavy (non-hydrogen) atoms. The van der Waals surface area contributed by atoms with E-state index < -0.39 is 5.97 Å². The summed E-state index contributed by atoms with van der Waals surface area (Å²) in [6.07, 6.45) is -0.161. The van der Waals surface area contributed by atoms with Gasteiger partial charge in [-0.2, -0.15) is 0 Å². The molecule has 2 N–H and O–H groups in total. The first-order chi connectivity index (χ1) is 13.4. The van der Waals surface area contributed by atoms with Crippen molar-refractivity contribution in [2.75, 3.05) is 20.2 Å². The van der Waals surface area contributed by atoms with Gasteiger partial charge in [0.05, 0.1) is 13.7 Å². The predicted octanol–water partition coefficient (Wildman–Crippen LogP) is 3.65. The summed E-state index contributed by atoms with van der Waals surface area (Å²) in [5.41, 5.74) is 0.395. The van der Waals surface area contributed by atoms with Crippen molar-refractivity contribution in [1.29, 1.82) is 0 Å². The Balaban J connectivity index is 0.00000420. The molecule has 0 fully saturated rings. The highest BCUT2D eigenvalue weighted by molar-refractivity contribution is 14.0. The Morgan fingerprint density at radius 3 is 2.59 bits per heavy atom. The maximum absolute atomic E-state index is 13.0. The van der Waals surface area contributed by atoms with Crippen LogP contribution in [0.1, 0.15) is 35.7 Å². The lowest BCUT2D eigenvalue weighted by atomic mass is 10.2. The van der Waals surface area contributed by atoms with E-state index in [0.29, 0.717) is 41.9 Å². The van der Waals surface area contributed by atoms with Gasteiger partial charge in [0.2, 0.25) is 0 Å². The highest BCUT2D eigenvalue weighted by atomic mass is 127. The lowest BCUT2D eigenvalue weighted by Crippen LogP contribution is -2.41. The summed E-state index contributed by atoms with van der Waals surface area (Å²) in [6.45, 7) is 7.01. The standard InChI is InChI=1S/C20H26FN3O4.HI/c1-5-22-20(23-11-13(2)27-16-8-6-15(21)7-9-16)24-12-17-10-18(14(3)28-17)19(25)26-4;/h6-10,13H,5,11-12H2,1-4H3,(H2,22,23,24);1H. The van der Waals surface area contributed by atoms with E-state index in [1.165, 1.54) is 19.2 Å². The van der Waals surface area contributed by atoms with Crippen molar-refractivity contribution in [2.24, 2.45) is 4.99 Å². The number of carbonyl (C=O) groups excluding carboxylic acids is 1. The Hall–Kier alpha value is -2.30. The molecule has 1 aromatic heterocycles. The average Bonchev–Trinajstić information content (AvgIpc) is 3.06. The van der Waals surface area contributed by atoms with Gasteiger partial charge in [-0.05, 0) is 51.1 Å². The smallest absolute Gasteiger partial charge is 0.341 e. The quantitative estimate of drug-likeness (QED) is 0.240. The molecule has 0 amide bonds. The minimum Gasteiger partial charge on any atom is -0.489 e. The molecule has 1 unspecified atom stereocenters. The van der Waals surface area contributed by atoms with Crippen LogP contribution in [0.3, 0.4) is 0 Å². The van der Waals surface area contributed by atoms with Crippen molar-refractivity contribution in [3.05, 3.63) is 53.2 Å². The van der Waals surface area contributed by atoms with Gasteiger partial charge < -0.3 is 24.5 Å². The number of aliphatic imine (C=N–C) groups is 1. The molecule has 2 rings (SSSR count). The third-order valence-corrected chi connectivity index (χ3v) is 3.82. The van der Waals surface area contributed by atoms with Crippen LogP contribution in [-0.2, 0) is 11.3 Å². The highest BCUT2D eigenvalue weighted by Gasteiger charge is 2.15. The van der Waals surface area contributed by atoms with Crippen molar-refractivity contribution in [2.45, 2.75) is 33.4 Å². The molecule has 0 spiro atoms. The number of hydrogen-bond donors (Lipinski definition) is 2. The van der Waals surface area contributed by atoms with Gasteiger partial charge in [0.1, 0.15) is 41.3 Å². The Morgan fingerprint density at radius 2 is 1.97 bits per heavy atom. The van der Waals surface area contributed by atoms with E-state index in [0.717, 1.165) is 0 Å². The maximum Gasteiger partial charge on any atom is 0.341 e. The second kappa shape index (κ2) is 12.3. The van der Waals surface area contributed by atoms with Gasteiger partial charge in [0, 0.05) is 6.54 Å². The average molecular weight is 519 g/mol. The second-order valence-electron chi connectivity index (χ2n) is 6.13.